The van der Waals surface area contributed by atoms with Gasteiger partial charge in [0.05, 0.1) is 19.0 Å². The van der Waals surface area contributed by atoms with Gasteiger partial charge in [0.15, 0.2) is 10.8 Å². The van der Waals surface area contributed by atoms with Gasteiger partial charge in [-0.05, 0) is 0 Å². The van der Waals surface area contributed by atoms with Crippen molar-refractivity contribution in [1.82, 2.24) is 4.98 Å². The molecule has 0 radical (unpaired) electrons. The smallest absolute Gasteiger partial charge is 0.157 e. The van der Waals surface area contributed by atoms with E-state index in [2.05, 4.69) is 21.1 Å². The van der Waals surface area contributed by atoms with Crippen molar-refractivity contribution in [3.05, 3.63) is 16.6 Å². The Morgan fingerprint density at radius 3 is 2.64 bits per heavy atom. The quantitative estimate of drug-likeness (QED) is 0.520. The van der Waals surface area contributed by atoms with Gasteiger partial charge in [0, 0.05) is 11.6 Å². The predicted molar refractivity (Wildman–Crippen MR) is 46.0 cm³/mol. The highest BCUT2D eigenvalue weighted by molar-refractivity contribution is 7.11. The SMILES string of the molecule is COCl.N=C(N)c1nccs1. The molecule has 62 valence electrons. The zero-order valence-electron chi connectivity index (χ0n) is 5.87. The maximum Gasteiger partial charge on any atom is 0.157 e. The molecule has 0 saturated carbocycles. The van der Waals surface area contributed by atoms with Gasteiger partial charge in [0.2, 0.25) is 0 Å². The molecule has 4 nitrogen and oxygen atoms in total. The van der Waals surface area contributed by atoms with Crippen LogP contribution in [0.4, 0.5) is 0 Å². The normalized spacial score (nSPS) is 8.18. The largest absolute Gasteiger partial charge is 0.382 e. The molecule has 11 heavy (non-hydrogen) atoms. The number of nitrogens with two attached hydrogens (primary N) is 1. The van der Waals surface area contributed by atoms with Crippen molar-refractivity contribution in [2.24, 2.45) is 5.73 Å². The van der Waals surface area contributed by atoms with Gasteiger partial charge in [-0.1, -0.05) is 0 Å². The fourth-order valence-corrected chi connectivity index (χ4v) is 0.856. The molecule has 1 heterocycles. The summed E-state index contributed by atoms with van der Waals surface area (Å²) in [6.07, 6.45) is 1.63. The first kappa shape index (κ1) is 10.3. The number of rotatable bonds is 1. The summed E-state index contributed by atoms with van der Waals surface area (Å²) in [6.45, 7) is 0. The summed E-state index contributed by atoms with van der Waals surface area (Å²) in [6, 6.07) is 0. The van der Waals surface area contributed by atoms with Crippen LogP contribution in [0.1, 0.15) is 5.01 Å². The molecule has 1 rings (SSSR count). The first-order valence-corrected chi connectivity index (χ1v) is 3.79. The van der Waals surface area contributed by atoms with Crippen LogP contribution in [0.5, 0.6) is 0 Å². The molecule has 0 atom stereocenters. The van der Waals surface area contributed by atoms with Crippen molar-refractivity contribution in [3.8, 4) is 0 Å². The molecule has 0 aliphatic carbocycles. The van der Waals surface area contributed by atoms with Gasteiger partial charge in [-0.25, -0.2) is 4.98 Å². The van der Waals surface area contributed by atoms with Crippen molar-refractivity contribution in [3.63, 3.8) is 0 Å². The zero-order chi connectivity index (χ0) is 8.69. The Bertz CT molecular complexity index is 202. The number of halogens is 1. The second-order valence-electron chi connectivity index (χ2n) is 1.41. The lowest BCUT2D eigenvalue weighted by Crippen LogP contribution is -2.09. The van der Waals surface area contributed by atoms with E-state index >= 15 is 0 Å². The second kappa shape index (κ2) is 6.09. The molecule has 0 aromatic carbocycles. The lowest BCUT2D eigenvalue weighted by atomic mass is 10.6. The first-order valence-electron chi connectivity index (χ1n) is 2.61. The van der Waals surface area contributed by atoms with E-state index in [0.717, 1.165) is 0 Å². The Hall–Kier alpha value is -0.650. The number of amidine groups is 1. The molecule has 0 spiro atoms. The van der Waals surface area contributed by atoms with Gasteiger partial charge < -0.3 is 5.73 Å². The monoisotopic (exact) mass is 193 g/mol. The van der Waals surface area contributed by atoms with Crippen molar-refractivity contribution in [1.29, 1.82) is 5.41 Å². The minimum atomic E-state index is 0.0417. The van der Waals surface area contributed by atoms with Crippen molar-refractivity contribution in [2.45, 2.75) is 0 Å². The molecule has 0 aliphatic rings. The van der Waals surface area contributed by atoms with E-state index < -0.39 is 0 Å². The molecular formula is C5H8ClN3OS. The molecule has 0 saturated heterocycles. The molecule has 3 N–H and O–H groups in total. The molecule has 0 aliphatic heterocycles. The third kappa shape index (κ3) is 4.72. The average molecular weight is 194 g/mol. The van der Waals surface area contributed by atoms with Crippen LogP contribution in [0.25, 0.3) is 0 Å². The third-order valence-corrected chi connectivity index (χ3v) is 1.47. The van der Waals surface area contributed by atoms with Gasteiger partial charge in [-0.15, -0.1) is 11.3 Å². The van der Waals surface area contributed by atoms with Gasteiger partial charge in [-0.3, -0.25) is 9.70 Å². The molecule has 6 heteroatoms. The van der Waals surface area contributed by atoms with Crippen LogP contribution >= 0.6 is 23.2 Å². The van der Waals surface area contributed by atoms with E-state index in [9.17, 15) is 0 Å². The number of nitrogens with one attached hydrogen (secondary N) is 1. The zero-order valence-corrected chi connectivity index (χ0v) is 7.45. The topological polar surface area (TPSA) is 72.0 Å². The van der Waals surface area contributed by atoms with Gasteiger partial charge in [0.25, 0.3) is 0 Å². The summed E-state index contributed by atoms with van der Waals surface area (Å²) in [4.78, 5) is 3.78. The molecule has 0 bridgehead atoms. The maximum absolute atomic E-state index is 6.88. The van der Waals surface area contributed by atoms with Crippen LogP contribution < -0.4 is 5.73 Å². The molecular weight excluding hydrogens is 186 g/mol. The Balaban J connectivity index is 0.000000292. The highest BCUT2D eigenvalue weighted by Gasteiger charge is 1.94. The Morgan fingerprint density at radius 2 is 2.45 bits per heavy atom. The summed E-state index contributed by atoms with van der Waals surface area (Å²) in [5.74, 6) is 0.0417. The highest BCUT2D eigenvalue weighted by Crippen LogP contribution is 2.00. The summed E-state index contributed by atoms with van der Waals surface area (Å²) >= 11 is 5.87. The number of nitrogens with zero attached hydrogens (tertiary/aromatic N) is 1. The van der Waals surface area contributed by atoms with Crippen LogP contribution in [0.3, 0.4) is 0 Å². The summed E-state index contributed by atoms with van der Waals surface area (Å²) < 4.78 is 3.72. The van der Waals surface area contributed by atoms with Crippen molar-refractivity contribution >= 4 is 29.0 Å². The van der Waals surface area contributed by atoms with Crippen LogP contribution in [-0.4, -0.2) is 17.9 Å². The van der Waals surface area contributed by atoms with Gasteiger partial charge in [-0.2, -0.15) is 0 Å². The van der Waals surface area contributed by atoms with E-state index in [-0.39, 0.29) is 5.84 Å². The fraction of sp³-hybridized carbons (Fsp3) is 0.200. The van der Waals surface area contributed by atoms with Gasteiger partial charge in [0.1, 0.15) is 0 Å². The number of aromatic nitrogens is 1. The van der Waals surface area contributed by atoms with Crippen LogP contribution in [0, 0.1) is 5.41 Å². The van der Waals surface area contributed by atoms with Crippen LogP contribution in [0.15, 0.2) is 11.6 Å². The van der Waals surface area contributed by atoms with Gasteiger partial charge >= 0.3 is 0 Å². The minimum Gasteiger partial charge on any atom is -0.382 e. The highest BCUT2D eigenvalue weighted by atomic mass is 35.5. The second-order valence-corrected chi connectivity index (χ2v) is 2.61. The van der Waals surface area contributed by atoms with Crippen molar-refractivity contribution < 1.29 is 4.29 Å². The molecule has 1 aromatic heterocycles. The Morgan fingerprint density at radius 1 is 1.91 bits per heavy atom. The lowest BCUT2D eigenvalue weighted by Gasteiger charge is -1.83. The van der Waals surface area contributed by atoms with E-state index in [4.69, 9.17) is 11.1 Å². The third-order valence-electron chi connectivity index (χ3n) is 0.663. The van der Waals surface area contributed by atoms with E-state index in [0.29, 0.717) is 5.01 Å². The number of hydrogen-bond donors (Lipinski definition) is 2. The van der Waals surface area contributed by atoms with Crippen LogP contribution in [-0.2, 0) is 4.29 Å². The van der Waals surface area contributed by atoms with E-state index in [1.165, 1.54) is 18.4 Å². The number of hydrogen-bond acceptors (Lipinski definition) is 4. The fourth-order valence-electron chi connectivity index (χ4n) is 0.356. The van der Waals surface area contributed by atoms with Crippen molar-refractivity contribution in [2.75, 3.05) is 7.11 Å². The van der Waals surface area contributed by atoms with E-state index in [1.807, 2.05) is 0 Å². The summed E-state index contributed by atoms with van der Waals surface area (Å²) in [5, 5.41) is 9.25. The maximum atomic E-state index is 6.88. The number of nitrogen functional groups attached to an aromatic ring is 1. The molecule has 1 aromatic rings. The first-order chi connectivity index (χ1) is 5.22. The van der Waals surface area contributed by atoms with Crippen LogP contribution in [0.2, 0.25) is 0 Å². The molecule has 0 unspecified atom stereocenters. The molecule has 0 fully saturated rings. The Kier molecular flexibility index (Phi) is 5.73. The molecule has 0 amide bonds. The Labute approximate surface area is 73.6 Å². The summed E-state index contributed by atoms with van der Waals surface area (Å²) in [7, 11) is 1.39. The predicted octanol–water partition coefficient (Wildman–Crippen LogP) is 1.21. The standard InChI is InChI=1S/C4H5N3S.CH3ClO/c5-3(6)4-7-1-2-8-4;1-3-2/h1-2H,(H3,5,6);1H3. The minimum absolute atomic E-state index is 0.0417. The number of thiazole rings is 1. The van der Waals surface area contributed by atoms with E-state index in [1.54, 1.807) is 11.6 Å². The lowest BCUT2D eigenvalue weighted by molar-refractivity contribution is 0.463. The average Bonchev–Trinajstić information content (AvgIpc) is 2.38. The summed E-state index contributed by atoms with van der Waals surface area (Å²) in [5.41, 5.74) is 5.09.